The number of nitrogens with zero attached hydrogens (tertiary/aromatic N) is 1. The molecule has 1 N–H and O–H groups in total. The molecule has 0 aliphatic carbocycles. The van der Waals surface area contributed by atoms with E-state index < -0.39 is 0 Å². The van der Waals surface area contributed by atoms with Crippen molar-refractivity contribution in [1.82, 2.24) is 10.2 Å². The average Bonchev–Trinajstić information content (AvgIpc) is 2.71. The quantitative estimate of drug-likeness (QED) is 0.507. The molecule has 0 bridgehead atoms. The van der Waals surface area contributed by atoms with E-state index in [2.05, 4.69) is 24.1 Å². The van der Waals surface area contributed by atoms with E-state index >= 15 is 0 Å². The molecule has 0 spiro atoms. The summed E-state index contributed by atoms with van der Waals surface area (Å²) in [5.74, 6) is 0.791. The highest BCUT2D eigenvalue weighted by Gasteiger charge is 2.12. The third-order valence-electron chi connectivity index (χ3n) is 4.71. The van der Waals surface area contributed by atoms with Gasteiger partial charge in [0.05, 0.1) is 7.11 Å². The molecule has 6 heteroatoms. The van der Waals surface area contributed by atoms with Crippen LogP contribution >= 0.6 is 11.6 Å². The number of methoxy groups -OCH3 is 1. The molecule has 28 heavy (non-hydrogen) atoms. The Kier molecular flexibility index (Phi) is 9.55. The standard InChI is InChI=1S/C22H30ClFN2O2/c1-4-26(5-2)12-8-11-25-15-18-13-21(27-3)22(14-19(18)23)28-16-17-9-6-7-10-20(17)24/h6-7,9-10,13-14,25H,4-5,8,11-12,15-16H2,1-3H3. The Morgan fingerprint density at radius 1 is 1.07 bits per heavy atom. The minimum Gasteiger partial charge on any atom is -0.493 e. The van der Waals surface area contributed by atoms with Crippen molar-refractivity contribution >= 4 is 11.6 Å². The first kappa shape index (κ1) is 22.5. The van der Waals surface area contributed by atoms with Crippen LogP contribution in [0.2, 0.25) is 5.02 Å². The van der Waals surface area contributed by atoms with Crippen molar-refractivity contribution in [2.24, 2.45) is 0 Å². The van der Waals surface area contributed by atoms with Crippen molar-refractivity contribution in [2.45, 2.75) is 33.4 Å². The maximum absolute atomic E-state index is 13.8. The highest BCUT2D eigenvalue weighted by Crippen LogP contribution is 2.34. The van der Waals surface area contributed by atoms with Crippen molar-refractivity contribution in [3.8, 4) is 11.5 Å². The van der Waals surface area contributed by atoms with Gasteiger partial charge in [-0.25, -0.2) is 4.39 Å². The van der Waals surface area contributed by atoms with Gasteiger partial charge in [-0.2, -0.15) is 0 Å². The van der Waals surface area contributed by atoms with Crippen LogP contribution in [0.3, 0.4) is 0 Å². The second-order valence-electron chi connectivity index (χ2n) is 6.53. The molecule has 2 aromatic rings. The lowest BCUT2D eigenvalue weighted by Gasteiger charge is -2.18. The molecule has 4 nitrogen and oxygen atoms in total. The number of rotatable bonds is 12. The lowest BCUT2D eigenvalue weighted by molar-refractivity contribution is 0.279. The predicted molar refractivity (Wildman–Crippen MR) is 113 cm³/mol. The molecular weight excluding hydrogens is 379 g/mol. The molecule has 0 heterocycles. The first-order chi connectivity index (χ1) is 13.6. The Morgan fingerprint density at radius 3 is 2.50 bits per heavy atom. The van der Waals surface area contributed by atoms with E-state index in [1.165, 1.54) is 6.07 Å². The summed E-state index contributed by atoms with van der Waals surface area (Å²) in [6, 6.07) is 10.1. The van der Waals surface area contributed by atoms with Gasteiger partial charge in [0, 0.05) is 23.2 Å². The molecule has 0 radical (unpaired) electrons. The number of hydrogen-bond acceptors (Lipinski definition) is 4. The van der Waals surface area contributed by atoms with E-state index in [9.17, 15) is 4.39 Å². The first-order valence-corrected chi connectivity index (χ1v) is 10.1. The molecule has 0 amide bonds. The number of benzene rings is 2. The summed E-state index contributed by atoms with van der Waals surface area (Å²) in [7, 11) is 1.58. The zero-order valence-electron chi connectivity index (χ0n) is 16.9. The smallest absolute Gasteiger partial charge is 0.163 e. The van der Waals surface area contributed by atoms with Gasteiger partial charge in [-0.1, -0.05) is 43.6 Å². The summed E-state index contributed by atoms with van der Waals surface area (Å²) in [5.41, 5.74) is 1.43. The molecule has 0 atom stereocenters. The Balaban J connectivity index is 1.92. The van der Waals surface area contributed by atoms with E-state index in [-0.39, 0.29) is 12.4 Å². The van der Waals surface area contributed by atoms with E-state index in [1.807, 2.05) is 6.07 Å². The monoisotopic (exact) mass is 408 g/mol. The van der Waals surface area contributed by atoms with Crippen molar-refractivity contribution < 1.29 is 13.9 Å². The van der Waals surface area contributed by atoms with Gasteiger partial charge < -0.3 is 19.7 Å². The zero-order chi connectivity index (χ0) is 20.4. The Bertz CT molecular complexity index is 738. The topological polar surface area (TPSA) is 33.7 Å². The fourth-order valence-corrected chi connectivity index (χ4v) is 3.17. The molecular formula is C22H30ClFN2O2. The van der Waals surface area contributed by atoms with Gasteiger partial charge in [0.25, 0.3) is 0 Å². The summed E-state index contributed by atoms with van der Waals surface area (Å²) >= 11 is 6.42. The average molecular weight is 409 g/mol. The van der Waals surface area contributed by atoms with Crippen LogP contribution in [0.25, 0.3) is 0 Å². The van der Waals surface area contributed by atoms with Crippen molar-refractivity contribution in [3.63, 3.8) is 0 Å². The van der Waals surface area contributed by atoms with Crippen LogP contribution in [-0.2, 0) is 13.2 Å². The SMILES string of the molecule is CCN(CC)CCCNCc1cc(OC)c(OCc2ccccc2F)cc1Cl. The van der Waals surface area contributed by atoms with Crippen LogP contribution in [0, 0.1) is 5.82 Å². The van der Waals surface area contributed by atoms with E-state index in [0.717, 1.165) is 38.2 Å². The minimum absolute atomic E-state index is 0.113. The van der Waals surface area contributed by atoms with Gasteiger partial charge in [-0.15, -0.1) is 0 Å². The Morgan fingerprint density at radius 2 is 1.82 bits per heavy atom. The predicted octanol–water partition coefficient (Wildman–Crippen LogP) is 4.89. The van der Waals surface area contributed by atoms with Crippen molar-refractivity contribution in [3.05, 3.63) is 58.4 Å². The van der Waals surface area contributed by atoms with Crippen LogP contribution in [0.4, 0.5) is 4.39 Å². The number of hydrogen-bond donors (Lipinski definition) is 1. The highest BCUT2D eigenvalue weighted by molar-refractivity contribution is 6.31. The van der Waals surface area contributed by atoms with Crippen molar-refractivity contribution in [2.75, 3.05) is 33.3 Å². The lowest BCUT2D eigenvalue weighted by Crippen LogP contribution is -2.27. The molecule has 154 valence electrons. The Hall–Kier alpha value is -1.82. The molecule has 2 aromatic carbocycles. The van der Waals surface area contributed by atoms with Crippen LogP contribution in [0.15, 0.2) is 36.4 Å². The minimum atomic E-state index is -0.293. The third kappa shape index (κ3) is 6.66. The van der Waals surface area contributed by atoms with Gasteiger partial charge in [0.15, 0.2) is 11.5 Å². The molecule has 0 aliphatic heterocycles. The van der Waals surface area contributed by atoms with Gasteiger partial charge in [-0.05, 0) is 50.3 Å². The molecule has 0 aromatic heterocycles. The molecule has 0 fully saturated rings. The van der Waals surface area contributed by atoms with Crippen LogP contribution in [0.5, 0.6) is 11.5 Å². The third-order valence-corrected chi connectivity index (χ3v) is 5.06. The second-order valence-corrected chi connectivity index (χ2v) is 6.94. The summed E-state index contributed by atoms with van der Waals surface area (Å²) < 4.78 is 25.0. The van der Waals surface area contributed by atoms with Crippen LogP contribution in [-0.4, -0.2) is 38.2 Å². The zero-order valence-corrected chi connectivity index (χ0v) is 17.7. The van der Waals surface area contributed by atoms with E-state index in [1.54, 1.807) is 31.4 Å². The summed E-state index contributed by atoms with van der Waals surface area (Å²) in [6.07, 6.45) is 1.08. The highest BCUT2D eigenvalue weighted by atomic mass is 35.5. The summed E-state index contributed by atoms with van der Waals surface area (Å²) in [5, 5.41) is 4.02. The maximum Gasteiger partial charge on any atom is 0.163 e. The van der Waals surface area contributed by atoms with Crippen LogP contribution in [0.1, 0.15) is 31.4 Å². The van der Waals surface area contributed by atoms with Crippen molar-refractivity contribution in [1.29, 1.82) is 0 Å². The summed E-state index contributed by atoms with van der Waals surface area (Å²) in [6.45, 7) is 9.28. The first-order valence-electron chi connectivity index (χ1n) is 9.74. The fraction of sp³-hybridized carbons (Fsp3) is 0.455. The molecule has 2 rings (SSSR count). The van der Waals surface area contributed by atoms with E-state index in [0.29, 0.717) is 28.6 Å². The molecule has 0 unspecified atom stereocenters. The fourth-order valence-electron chi connectivity index (χ4n) is 2.95. The van der Waals surface area contributed by atoms with Gasteiger partial charge in [0.1, 0.15) is 12.4 Å². The number of ether oxygens (including phenoxy) is 2. The largest absolute Gasteiger partial charge is 0.493 e. The normalized spacial score (nSPS) is 11.1. The van der Waals surface area contributed by atoms with Gasteiger partial charge in [-0.3, -0.25) is 0 Å². The number of halogens is 2. The van der Waals surface area contributed by atoms with E-state index in [4.69, 9.17) is 21.1 Å². The Labute approximate surface area is 172 Å². The second kappa shape index (κ2) is 11.9. The lowest BCUT2D eigenvalue weighted by atomic mass is 10.2. The molecule has 0 saturated carbocycles. The maximum atomic E-state index is 13.8. The molecule has 0 aliphatic rings. The van der Waals surface area contributed by atoms with Gasteiger partial charge >= 0.3 is 0 Å². The summed E-state index contributed by atoms with van der Waals surface area (Å²) in [4.78, 5) is 2.40. The molecule has 0 saturated heterocycles. The number of nitrogens with one attached hydrogen (secondary N) is 1. The van der Waals surface area contributed by atoms with Gasteiger partial charge in [0.2, 0.25) is 0 Å². The van der Waals surface area contributed by atoms with Crippen LogP contribution < -0.4 is 14.8 Å².